The zero-order chi connectivity index (χ0) is 15.8. The number of nitrogens with one attached hydrogen (secondary N) is 1. The number of carbonyl (C=O) groups excluding carboxylic acids is 1. The summed E-state index contributed by atoms with van der Waals surface area (Å²) in [6.45, 7) is 4.28. The van der Waals surface area contributed by atoms with Crippen LogP contribution in [0.25, 0.3) is 10.9 Å². The predicted molar refractivity (Wildman–Crippen MR) is 93.0 cm³/mol. The second-order valence-electron chi connectivity index (χ2n) is 8.73. The molecule has 0 amide bonds. The lowest BCUT2D eigenvalue weighted by molar-refractivity contribution is -0.00710. The highest BCUT2D eigenvalue weighted by atomic mass is 16.1. The van der Waals surface area contributed by atoms with E-state index in [9.17, 15) is 4.79 Å². The fraction of sp³-hybridized carbons (Fsp3) is 0.571. The second-order valence-corrected chi connectivity index (χ2v) is 8.73. The molecule has 1 aromatic heterocycles. The number of hydrogen-bond donors (Lipinski definition) is 1. The number of benzene rings is 1. The molecule has 2 nitrogen and oxygen atoms in total. The van der Waals surface area contributed by atoms with Crippen molar-refractivity contribution in [2.24, 2.45) is 17.8 Å². The minimum atomic E-state index is 0.254. The summed E-state index contributed by atoms with van der Waals surface area (Å²) in [5.74, 6) is 2.69. The number of hydrogen-bond acceptors (Lipinski definition) is 1. The van der Waals surface area contributed by atoms with Crippen LogP contribution in [0.15, 0.2) is 12.1 Å². The van der Waals surface area contributed by atoms with Crippen LogP contribution in [0, 0.1) is 31.6 Å². The van der Waals surface area contributed by atoms with Crippen molar-refractivity contribution >= 4 is 17.2 Å². The standard InChI is InChI=1S/C21H25NO/c1-12-3-13(2)19-17(11-23)20(22-18(19)4-12)21-8-14-5-15(9-21)7-16(6-14)10-21/h3-4,11,14-16,22H,5-10H2,1-2H3. The van der Waals surface area contributed by atoms with Crippen molar-refractivity contribution < 1.29 is 4.79 Å². The number of aromatic nitrogens is 1. The summed E-state index contributed by atoms with van der Waals surface area (Å²) in [4.78, 5) is 15.7. The average molecular weight is 307 g/mol. The first-order valence-electron chi connectivity index (χ1n) is 9.16. The van der Waals surface area contributed by atoms with E-state index in [1.807, 2.05) is 0 Å². The molecule has 4 saturated carbocycles. The van der Waals surface area contributed by atoms with Crippen molar-refractivity contribution in [3.05, 3.63) is 34.5 Å². The van der Waals surface area contributed by atoms with Gasteiger partial charge in [-0.25, -0.2) is 0 Å². The van der Waals surface area contributed by atoms with E-state index < -0.39 is 0 Å². The molecule has 4 aliphatic carbocycles. The Labute approximate surface area is 137 Å². The molecule has 4 bridgehead atoms. The number of aryl methyl sites for hydroxylation is 2. The van der Waals surface area contributed by atoms with Crippen LogP contribution in [-0.2, 0) is 5.41 Å². The van der Waals surface area contributed by atoms with E-state index in [-0.39, 0.29) is 5.41 Å². The Morgan fingerprint density at radius 2 is 1.65 bits per heavy atom. The molecule has 0 atom stereocenters. The van der Waals surface area contributed by atoms with Gasteiger partial charge in [-0.2, -0.15) is 0 Å². The predicted octanol–water partition coefficient (Wildman–Crippen LogP) is 5.07. The highest BCUT2D eigenvalue weighted by Crippen LogP contribution is 2.61. The van der Waals surface area contributed by atoms with E-state index >= 15 is 0 Å². The minimum Gasteiger partial charge on any atom is -0.357 e. The number of aldehydes is 1. The van der Waals surface area contributed by atoms with Crippen LogP contribution in [0.2, 0.25) is 0 Å². The Morgan fingerprint density at radius 1 is 1.04 bits per heavy atom. The third-order valence-corrected chi connectivity index (χ3v) is 6.96. The summed E-state index contributed by atoms with van der Waals surface area (Å²) in [6, 6.07) is 4.41. The topological polar surface area (TPSA) is 32.9 Å². The zero-order valence-corrected chi connectivity index (χ0v) is 14.1. The van der Waals surface area contributed by atoms with E-state index in [1.54, 1.807) is 0 Å². The van der Waals surface area contributed by atoms with Crippen molar-refractivity contribution in [2.75, 3.05) is 0 Å². The van der Waals surface area contributed by atoms with Crippen molar-refractivity contribution in [1.82, 2.24) is 4.98 Å². The first-order valence-corrected chi connectivity index (χ1v) is 9.16. The molecule has 1 heterocycles. The molecule has 4 fully saturated rings. The maximum atomic E-state index is 12.0. The molecule has 0 radical (unpaired) electrons. The largest absolute Gasteiger partial charge is 0.357 e. The molecule has 1 aromatic carbocycles. The van der Waals surface area contributed by atoms with Gasteiger partial charge < -0.3 is 4.98 Å². The highest BCUT2D eigenvalue weighted by molar-refractivity contribution is 6.01. The van der Waals surface area contributed by atoms with E-state index in [0.29, 0.717) is 0 Å². The molecule has 0 saturated heterocycles. The summed E-state index contributed by atoms with van der Waals surface area (Å²) in [5, 5.41) is 1.16. The minimum absolute atomic E-state index is 0.254. The average Bonchev–Trinajstić information content (AvgIpc) is 2.85. The van der Waals surface area contributed by atoms with Gasteiger partial charge in [0.1, 0.15) is 0 Å². The van der Waals surface area contributed by atoms with Crippen LogP contribution < -0.4 is 0 Å². The number of aromatic amines is 1. The molecule has 1 N–H and O–H groups in total. The first-order chi connectivity index (χ1) is 11.1. The van der Waals surface area contributed by atoms with Crippen LogP contribution in [-0.4, -0.2) is 11.3 Å². The van der Waals surface area contributed by atoms with Gasteiger partial charge in [0.2, 0.25) is 0 Å². The smallest absolute Gasteiger partial charge is 0.152 e. The lowest BCUT2D eigenvalue weighted by Gasteiger charge is -2.56. The van der Waals surface area contributed by atoms with Crippen molar-refractivity contribution in [3.63, 3.8) is 0 Å². The van der Waals surface area contributed by atoms with Gasteiger partial charge in [-0.1, -0.05) is 6.07 Å². The van der Waals surface area contributed by atoms with Crippen molar-refractivity contribution in [3.8, 4) is 0 Å². The Kier molecular flexibility index (Phi) is 2.70. The normalized spacial score (nSPS) is 35.1. The quantitative estimate of drug-likeness (QED) is 0.772. The molecule has 0 aliphatic heterocycles. The van der Waals surface area contributed by atoms with Crippen LogP contribution in [0.4, 0.5) is 0 Å². The van der Waals surface area contributed by atoms with Crippen LogP contribution in [0.3, 0.4) is 0 Å². The zero-order valence-electron chi connectivity index (χ0n) is 14.1. The van der Waals surface area contributed by atoms with Gasteiger partial charge in [0.05, 0.1) is 0 Å². The van der Waals surface area contributed by atoms with Gasteiger partial charge in [-0.15, -0.1) is 0 Å². The molecule has 0 unspecified atom stereocenters. The number of H-pyrrole nitrogens is 1. The molecular weight excluding hydrogens is 282 g/mol. The number of fused-ring (bicyclic) bond motifs is 1. The summed E-state index contributed by atoms with van der Waals surface area (Å²) in [7, 11) is 0. The van der Waals surface area contributed by atoms with Crippen molar-refractivity contribution in [1.29, 1.82) is 0 Å². The number of rotatable bonds is 2. The molecule has 0 spiro atoms. The Balaban J connectivity index is 1.74. The summed E-state index contributed by atoms with van der Waals surface area (Å²) >= 11 is 0. The van der Waals surface area contributed by atoms with Gasteiger partial charge in [-0.05, 0) is 87.3 Å². The molecule has 23 heavy (non-hydrogen) atoms. The third-order valence-electron chi connectivity index (χ3n) is 6.96. The molecular formula is C21H25NO. The SMILES string of the molecule is Cc1cc(C)c2c(C=O)c(C34CC5CC(CC(C5)C3)C4)[nH]c2c1. The third kappa shape index (κ3) is 1.84. The maximum Gasteiger partial charge on any atom is 0.152 e. The second kappa shape index (κ2) is 4.49. The van der Waals surface area contributed by atoms with Crippen LogP contribution in [0.1, 0.15) is 65.7 Å². The van der Waals surface area contributed by atoms with E-state index in [4.69, 9.17) is 0 Å². The van der Waals surface area contributed by atoms with E-state index in [1.165, 1.54) is 55.3 Å². The Hall–Kier alpha value is -1.57. The Bertz CT molecular complexity index is 778. The highest BCUT2D eigenvalue weighted by Gasteiger charge is 2.53. The van der Waals surface area contributed by atoms with E-state index in [2.05, 4.69) is 31.0 Å². The number of carbonyl (C=O) groups is 1. The summed E-state index contributed by atoms with van der Waals surface area (Å²) < 4.78 is 0. The van der Waals surface area contributed by atoms with Gasteiger partial charge in [0.25, 0.3) is 0 Å². The lowest BCUT2D eigenvalue weighted by Crippen LogP contribution is -2.49. The van der Waals surface area contributed by atoms with Crippen LogP contribution >= 0.6 is 0 Å². The van der Waals surface area contributed by atoms with Crippen LogP contribution in [0.5, 0.6) is 0 Å². The first kappa shape index (κ1) is 13.8. The maximum absolute atomic E-state index is 12.0. The van der Waals surface area contributed by atoms with Crippen molar-refractivity contribution in [2.45, 2.75) is 57.8 Å². The fourth-order valence-electron chi connectivity index (χ4n) is 6.70. The molecule has 2 heteroatoms. The lowest BCUT2D eigenvalue weighted by atomic mass is 9.48. The molecule has 120 valence electrons. The van der Waals surface area contributed by atoms with Gasteiger partial charge >= 0.3 is 0 Å². The van der Waals surface area contributed by atoms with Gasteiger partial charge in [-0.3, -0.25) is 4.79 Å². The molecule has 4 aliphatic rings. The van der Waals surface area contributed by atoms with Gasteiger partial charge in [0, 0.05) is 27.6 Å². The Morgan fingerprint density at radius 3 is 2.22 bits per heavy atom. The monoisotopic (exact) mass is 307 g/mol. The molecule has 2 aromatic rings. The molecule has 6 rings (SSSR count). The van der Waals surface area contributed by atoms with E-state index in [0.717, 1.165) is 40.5 Å². The summed E-state index contributed by atoms with van der Waals surface area (Å²) in [5.41, 5.74) is 6.15. The fourth-order valence-corrected chi connectivity index (χ4v) is 6.70. The summed E-state index contributed by atoms with van der Waals surface area (Å²) in [6.07, 6.45) is 9.32. The van der Waals surface area contributed by atoms with Gasteiger partial charge in [0.15, 0.2) is 6.29 Å².